The average Bonchev–Trinajstić information content (AvgIpc) is 2.02. The van der Waals surface area contributed by atoms with Gasteiger partial charge in [-0.25, -0.2) is 8.42 Å². The Labute approximate surface area is 81.6 Å². The fraction of sp³-hybridized carbons (Fsp3) is 0.125. The van der Waals surface area contributed by atoms with Crippen molar-refractivity contribution in [2.24, 2.45) is 5.73 Å². The van der Waals surface area contributed by atoms with Crippen molar-refractivity contribution in [3.63, 3.8) is 0 Å². The molecular formula is C8H10N2O3S. The van der Waals surface area contributed by atoms with Gasteiger partial charge in [0.05, 0.1) is 4.90 Å². The van der Waals surface area contributed by atoms with Gasteiger partial charge >= 0.3 is 0 Å². The van der Waals surface area contributed by atoms with Crippen LogP contribution in [0.4, 0.5) is 5.69 Å². The number of nitrogen functional groups attached to an aromatic ring is 1. The number of amides is 1. The predicted octanol–water partition coefficient (Wildman–Crippen LogP) is -0.472. The molecule has 1 amide bonds. The van der Waals surface area contributed by atoms with Crippen LogP contribution in [0.5, 0.6) is 0 Å². The molecule has 0 aromatic heterocycles. The summed E-state index contributed by atoms with van der Waals surface area (Å²) in [6.07, 6.45) is 0. The van der Waals surface area contributed by atoms with Gasteiger partial charge in [0.25, 0.3) is 0 Å². The van der Waals surface area contributed by atoms with E-state index in [2.05, 4.69) is 0 Å². The molecule has 0 radical (unpaired) electrons. The fourth-order valence-electron chi connectivity index (χ4n) is 0.946. The van der Waals surface area contributed by atoms with Gasteiger partial charge in [0.2, 0.25) is 5.91 Å². The number of hydrogen-bond acceptors (Lipinski definition) is 4. The summed E-state index contributed by atoms with van der Waals surface area (Å²) in [5.41, 5.74) is 10.6. The molecule has 0 saturated heterocycles. The van der Waals surface area contributed by atoms with E-state index in [1.807, 2.05) is 0 Å². The monoisotopic (exact) mass is 214 g/mol. The summed E-state index contributed by atoms with van der Waals surface area (Å²) in [5, 5.41) is 0. The van der Waals surface area contributed by atoms with E-state index in [9.17, 15) is 13.2 Å². The van der Waals surface area contributed by atoms with Crippen molar-refractivity contribution in [2.45, 2.75) is 4.90 Å². The van der Waals surface area contributed by atoms with Crippen LogP contribution in [0.2, 0.25) is 0 Å². The fourth-order valence-corrected chi connectivity index (χ4v) is 2.04. The normalized spacial score (nSPS) is 11.1. The van der Waals surface area contributed by atoms with Crippen LogP contribution in [0.3, 0.4) is 0 Å². The number of nitrogens with two attached hydrogens (primary N) is 2. The van der Waals surface area contributed by atoms with Crippen LogP contribution in [0.15, 0.2) is 29.2 Å². The average molecular weight is 214 g/mol. The molecule has 0 saturated carbocycles. The lowest BCUT2D eigenvalue weighted by Gasteiger charge is -2.01. The maximum Gasteiger partial charge on any atom is 0.233 e. The summed E-state index contributed by atoms with van der Waals surface area (Å²) in [4.78, 5) is 10.5. The highest BCUT2D eigenvalue weighted by Crippen LogP contribution is 2.12. The number of primary amides is 1. The van der Waals surface area contributed by atoms with E-state index < -0.39 is 21.5 Å². The van der Waals surface area contributed by atoms with E-state index in [0.717, 1.165) is 0 Å². The van der Waals surface area contributed by atoms with E-state index in [1.54, 1.807) is 0 Å². The lowest BCUT2D eigenvalue weighted by atomic mass is 10.3. The van der Waals surface area contributed by atoms with Crippen molar-refractivity contribution in [3.05, 3.63) is 24.3 Å². The highest BCUT2D eigenvalue weighted by Gasteiger charge is 2.16. The lowest BCUT2D eigenvalue weighted by molar-refractivity contribution is -0.115. The highest BCUT2D eigenvalue weighted by molar-refractivity contribution is 7.92. The molecule has 1 aromatic rings. The largest absolute Gasteiger partial charge is 0.399 e. The SMILES string of the molecule is NC(=O)CS(=O)(=O)c1ccc(N)cc1. The molecular weight excluding hydrogens is 204 g/mol. The molecule has 0 spiro atoms. The van der Waals surface area contributed by atoms with Gasteiger partial charge in [-0.05, 0) is 24.3 Å². The number of carbonyl (C=O) groups excluding carboxylic acids is 1. The molecule has 0 aliphatic rings. The van der Waals surface area contributed by atoms with Gasteiger partial charge in [0, 0.05) is 5.69 Å². The van der Waals surface area contributed by atoms with Gasteiger partial charge in [-0.3, -0.25) is 4.79 Å². The Bertz CT molecular complexity index is 436. The minimum atomic E-state index is -3.61. The van der Waals surface area contributed by atoms with E-state index >= 15 is 0 Å². The molecule has 1 rings (SSSR count). The van der Waals surface area contributed by atoms with E-state index in [4.69, 9.17) is 11.5 Å². The van der Waals surface area contributed by atoms with Crippen LogP contribution in [0.1, 0.15) is 0 Å². The van der Waals surface area contributed by atoms with E-state index in [1.165, 1.54) is 24.3 Å². The molecule has 5 nitrogen and oxygen atoms in total. The maximum atomic E-state index is 11.4. The van der Waals surface area contributed by atoms with Crippen molar-refractivity contribution in [1.82, 2.24) is 0 Å². The Kier molecular flexibility index (Phi) is 2.76. The molecule has 76 valence electrons. The number of carbonyl (C=O) groups is 1. The second-order valence-corrected chi connectivity index (χ2v) is 4.78. The Morgan fingerprint density at radius 3 is 2.14 bits per heavy atom. The summed E-state index contributed by atoms with van der Waals surface area (Å²) < 4.78 is 22.8. The molecule has 0 fully saturated rings. The van der Waals surface area contributed by atoms with Crippen LogP contribution in [-0.2, 0) is 14.6 Å². The number of benzene rings is 1. The first-order valence-corrected chi connectivity index (χ1v) is 5.43. The third-order valence-corrected chi connectivity index (χ3v) is 3.23. The molecule has 0 aliphatic carbocycles. The molecule has 0 heterocycles. The minimum absolute atomic E-state index is 0.0468. The summed E-state index contributed by atoms with van der Waals surface area (Å²) in [5.74, 6) is -1.56. The Morgan fingerprint density at radius 2 is 1.71 bits per heavy atom. The third-order valence-electron chi connectivity index (χ3n) is 1.57. The second-order valence-electron chi connectivity index (χ2n) is 2.79. The maximum absolute atomic E-state index is 11.4. The molecule has 0 atom stereocenters. The van der Waals surface area contributed by atoms with Crippen LogP contribution in [0.25, 0.3) is 0 Å². The Hall–Kier alpha value is -1.56. The number of anilines is 1. The topological polar surface area (TPSA) is 103 Å². The quantitative estimate of drug-likeness (QED) is 0.663. The van der Waals surface area contributed by atoms with Crippen LogP contribution in [-0.4, -0.2) is 20.1 Å². The zero-order valence-electron chi connectivity index (χ0n) is 7.30. The predicted molar refractivity (Wildman–Crippen MR) is 52.1 cm³/mol. The molecule has 0 aliphatic heterocycles. The highest BCUT2D eigenvalue weighted by atomic mass is 32.2. The van der Waals surface area contributed by atoms with Gasteiger partial charge < -0.3 is 11.5 Å². The Morgan fingerprint density at radius 1 is 1.21 bits per heavy atom. The van der Waals surface area contributed by atoms with Gasteiger partial charge in [-0.1, -0.05) is 0 Å². The van der Waals surface area contributed by atoms with Crippen molar-refractivity contribution in [2.75, 3.05) is 11.5 Å². The van der Waals surface area contributed by atoms with Crippen molar-refractivity contribution >= 4 is 21.4 Å². The van der Waals surface area contributed by atoms with Gasteiger partial charge in [0.1, 0.15) is 5.75 Å². The zero-order chi connectivity index (χ0) is 10.8. The summed E-state index contributed by atoms with van der Waals surface area (Å²) >= 11 is 0. The van der Waals surface area contributed by atoms with Crippen molar-refractivity contribution in [1.29, 1.82) is 0 Å². The number of hydrogen-bond donors (Lipinski definition) is 2. The standard InChI is InChI=1S/C8H10N2O3S/c9-6-1-3-7(4-2-6)14(12,13)5-8(10)11/h1-4H,5,9H2,(H2,10,11). The van der Waals surface area contributed by atoms with Crippen LogP contribution in [0, 0.1) is 0 Å². The minimum Gasteiger partial charge on any atom is -0.399 e. The zero-order valence-corrected chi connectivity index (χ0v) is 8.12. The number of rotatable bonds is 3. The van der Waals surface area contributed by atoms with Crippen LogP contribution < -0.4 is 11.5 Å². The number of sulfone groups is 1. The molecule has 1 aromatic carbocycles. The molecule has 4 N–H and O–H groups in total. The second kappa shape index (κ2) is 3.67. The first-order chi connectivity index (χ1) is 6.42. The molecule has 14 heavy (non-hydrogen) atoms. The van der Waals surface area contributed by atoms with Gasteiger partial charge in [0.15, 0.2) is 9.84 Å². The lowest BCUT2D eigenvalue weighted by Crippen LogP contribution is -2.23. The van der Waals surface area contributed by atoms with E-state index in [0.29, 0.717) is 5.69 Å². The van der Waals surface area contributed by atoms with Gasteiger partial charge in [-0.2, -0.15) is 0 Å². The first-order valence-electron chi connectivity index (χ1n) is 3.78. The smallest absolute Gasteiger partial charge is 0.233 e. The first kappa shape index (κ1) is 10.5. The molecule has 0 bridgehead atoms. The van der Waals surface area contributed by atoms with Crippen LogP contribution >= 0.6 is 0 Å². The Balaban J connectivity index is 3.05. The summed E-state index contributed by atoms with van der Waals surface area (Å²) in [6, 6.07) is 5.59. The molecule has 6 heteroatoms. The van der Waals surface area contributed by atoms with Crippen molar-refractivity contribution in [3.8, 4) is 0 Å². The third kappa shape index (κ3) is 2.46. The molecule has 0 unspecified atom stereocenters. The van der Waals surface area contributed by atoms with E-state index in [-0.39, 0.29) is 4.90 Å². The van der Waals surface area contributed by atoms with Gasteiger partial charge in [-0.15, -0.1) is 0 Å². The summed E-state index contributed by atoms with van der Waals surface area (Å²) in [7, 11) is -3.61. The summed E-state index contributed by atoms with van der Waals surface area (Å²) in [6.45, 7) is 0. The van der Waals surface area contributed by atoms with Crippen molar-refractivity contribution < 1.29 is 13.2 Å².